The average Bonchev–Trinajstić information content (AvgIpc) is 2.67. The molecule has 1 aliphatic heterocycles. The van der Waals surface area contributed by atoms with Crippen LogP contribution in [0.25, 0.3) is 0 Å². The molecule has 0 saturated carbocycles. The predicted molar refractivity (Wildman–Crippen MR) is 72.4 cm³/mol. The minimum atomic E-state index is -0.489. The summed E-state index contributed by atoms with van der Waals surface area (Å²) in [6.45, 7) is 5.76. The molecule has 1 saturated heterocycles. The van der Waals surface area contributed by atoms with E-state index in [1.165, 1.54) is 6.08 Å². The van der Waals surface area contributed by atoms with Crippen molar-refractivity contribution < 1.29 is 14.3 Å². The molecule has 5 nitrogen and oxygen atoms in total. The van der Waals surface area contributed by atoms with Crippen molar-refractivity contribution in [3.8, 4) is 0 Å². The highest BCUT2D eigenvalue weighted by Gasteiger charge is 2.33. The fourth-order valence-electron chi connectivity index (χ4n) is 1.79. The summed E-state index contributed by atoms with van der Waals surface area (Å²) < 4.78 is 4.99. The van der Waals surface area contributed by atoms with Gasteiger partial charge in [0.15, 0.2) is 0 Å². The van der Waals surface area contributed by atoms with Gasteiger partial charge in [-0.1, -0.05) is 18.7 Å². The number of rotatable bonds is 4. The predicted octanol–water partition coefficient (Wildman–Crippen LogP) is 1.11. The Morgan fingerprint density at radius 3 is 2.83 bits per heavy atom. The number of nitrogens with zero attached hydrogens (tertiary/aromatic N) is 1. The number of nitrogens with two attached hydrogens (primary N) is 1. The van der Waals surface area contributed by atoms with Crippen molar-refractivity contribution in [2.24, 2.45) is 5.73 Å². The maximum Gasteiger partial charge on any atom is 0.410 e. The second kappa shape index (κ2) is 6.49. The molecular weight excluding hydrogens is 252 g/mol. The lowest BCUT2D eigenvalue weighted by molar-refractivity contribution is -0.114. The third-order valence-corrected chi connectivity index (χ3v) is 3.09. The molecule has 2 N–H and O–H groups in total. The zero-order valence-electron chi connectivity index (χ0n) is 10.3. The molecular formula is C12H18N2O3S. The summed E-state index contributed by atoms with van der Waals surface area (Å²) in [7, 11) is 0. The number of amides is 2. The van der Waals surface area contributed by atoms with Crippen molar-refractivity contribution in [2.45, 2.75) is 24.6 Å². The number of thiol groups is 1. The highest BCUT2D eigenvalue weighted by molar-refractivity contribution is 7.81. The Morgan fingerprint density at radius 2 is 2.28 bits per heavy atom. The summed E-state index contributed by atoms with van der Waals surface area (Å²) in [5, 5.41) is 0.0724. The smallest absolute Gasteiger partial charge is 0.410 e. The maximum atomic E-state index is 11.8. The minimum absolute atomic E-state index is 0.0724. The summed E-state index contributed by atoms with van der Waals surface area (Å²) in [6.07, 6.45) is 3.45. The van der Waals surface area contributed by atoms with E-state index < -0.39 is 12.0 Å². The number of likely N-dealkylation sites (tertiary alicyclic amines) is 1. The van der Waals surface area contributed by atoms with Crippen molar-refractivity contribution in [1.29, 1.82) is 0 Å². The Labute approximate surface area is 112 Å². The molecule has 1 fully saturated rings. The average molecular weight is 270 g/mol. The van der Waals surface area contributed by atoms with Crippen molar-refractivity contribution in [3.05, 3.63) is 24.3 Å². The van der Waals surface area contributed by atoms with Crippen LogP contribution >= 0.6 is 12.6 Å². The van der Waals surface area contributed by atoms with Crippen LogP contribution in [0, 0.1) is 0 Å². The molecule has 6 heteroatoms. The first-order valence-corrected chi connectivity index (χ1v) is 6.18. The molecule has 18 heavy (non-hydrogen) atoms. The van der Waals surface area contributed by atoms with Gasteiger partial charge in [0.1, 0.15) is 6.61 Å². The van der Waals surface area contributed by atoms with Crippen LogP contribution in [0.5, 0.6) is 0 Å². The van der Waals surface area contributed by atoms with Gasteiger partial charge < -0.3 is 15.4 Å². The van der Waals surface area contributed by atoms with E-state index in [0.29, 0.717) is 18.5 Å². The number of hydrogen-bond acceptors (Lipinski definition) is 4. The zero-order chi connectivity index (χ0) is 13.7. The summed E-state index contributed by atoms with van der Waals surface area (Å²) in [5.74, 6) is -0.489. The number of primary amides is 1. The number of ether oxygens (including phenoxy) is 1. The zero-order valence-corrected chi connectivity index (χ0v) is 11.2. The first kappa shape index (κ1) is 14.6. The van der Waals surface area contributed by atoms with Gasteiger partial charge in [0.05, 0.1) is 6.04 Å². The molecule has 0 spiro atoms. The molecule has 0 aromatic heterocycles. The monoisotopic (exact) mass is 270 g/mol. The number of carbonyl (C=O) groups is 2. The maximum absolute atomic E-state index is 11.8. The van der Waals surface area contributed by atoms with Crippen LogP contribution in [-0.2, 0) is 9.53 Å². The van der Waals surface area contributed by atoms with Gasteiger partial charge in [-0.25, -0.2) is 4.79 Å². The first-order chi connectivity index (χ1) is 8.45. The topological polar surface area (TPSA) is 72.6 Å². The highest BCUT2D eigenvalue weighted by Crippen LogP contribution is 2.24. The molecule has 0 bridgehead atoms. The molecule has 0 radical (unpaired) electrons. The molecule has 0 aliphatic carbocycles. The standard InChI is InChI=1S/C12H18N2O3S/c1-3-4-17-12(16)14-7-10(18)6-9(14)5-8(2)11(13)15/h3,5,9-10,18H,1,4,6-7H2,2H3,(H2,13,15)/b8-5+/t9-,10+/m1/s1. The summed E-state index contributed by atoms with van der Waals surface area (Å²) in [5.41, 5.74) is 5.61. The SMILES string of the molecule is C=CCOC(=O)N1C[C@@H](S)C[C@H]1/C=C(\C)C(N)=O. The van der Waals surface area contributed by atoms with E-state index in [2.05, 4.69) is 19.2 Å². The molecule has 0 aromatic rings. The van der Waals surface area contributed by atoms with Gasteiger partial charge >= 0.3 is 6.09 Å². The van der Waals surface area contributed by atoms with E-state index in [9.17, 15) is 9.59 Å². The quantitative estimate of drug-likeness (QED) is 0.457. The van der Waals surface area contributed by atoms with Gasteiger partial charge in [0, 0.05) is 17.4 Å². The van der Waals surface area contributed by atoms with Crippen LogP contribution in [0.3, 0.4) is 0 Å². The molecule has 0 aromatic carbocycles. The van der Waals surface area contributed by atoms with Crippen LogP contribution in [0.1, 0.15) is 13.3 Å². The van der Waals surface area contributed by atoms with Crippen molar-refractivity contribution in [3.63, 3.8) is 0 Å². The third-order valence-electron chi connectivity index (χ3n) is 2.71. The fourth-order valence-corrected chi connectivity index (χ4v) is 2.19. The van der Waals surface area contributed by atoms with Gasteiger partial charge in [0.25, 0.3) is 0 Å². The van der Waals surface area contributed by atoms with Crippen molar-refractivity contribution in [2.75, 3.05) is 13.2 Å². The Hall–Kier alpha value is -1.43. The van der Waals surface area contributed by atoms with Crippen LogP contribution in [0.2, 0.25) is 0 Å². The molecule has 1 aliphatic rings. The first-order valence-electron chi connectivity index (χ1n) is 5.66. The lowest BCUT2D eigenvalue weighted by Gasteiger charge is -2.21. The minimum Gasteiger partial charge on any atom is -0.445 e. The molecule has 2 amide bonds. The van der Waals surface area contributed by atoms with Crippen LogP contribution in [-0.4, -0.2) is 41.3 Å². The fraction of sp³-hybridized carbons (Fsp3) is 0.500. The van der Waals surface area contributed by atoms with E-state index >= 15 is 0 Å². The summed E-state index contributed by atoms with van der Waals surface area (Å²) >= 11 is 4.36. The van der Waals surface area contributed by atoms with Gasteiger partial charge in [-0.3, -0.25) is 4.79 Å². The normalized spacial score (nSPS) is 23.9. The molecule has 100 valence electrons. The van der Waals surface area contributed by atoms with Gasteiger partial charge in [0.2, 0.25) is 5.91 Å². The van der Waals surface area contributed by atoms with Gasteiger partial charge in [-0.15, -0.1) is 0 Å². The van der Waals surface area contributed by atoms with E-state index in [1.54, 1.807) is 17.9 Å². The Balaban J connectivity index is 2.76. The number of hydrogen-bond donors (Lipinski definition) is 2. The lowest BCUT2D eigenvalue weighted by atomic mass is 10.1. The molecule has 1 heterocycles. The Morgan fingerprint density at radius 1 is 1.61 bits per heavy atom. The highest BCUT2D eigenvalue weighted by atomic mass is 32.1. The molecule has 0 unspecified atom stereocenters. The summed E-state index contributed by atoms with van der Waals surface area (Å²) in [6, 6.07) is -0.197. The van der Waals surface area contributed by atoms with E-state index in [0.717, 1.165) is 0 Å². The van der Waals surface area contributed by atoms with Crippen LogP contribution < -0.4 is 5.73 Å². The van der Waals surface area contributed by atoms with E-state index in [-0.39, 0.29) is 17.9 Å². The largest absolute Gasteiger partial charge is 0.445 e. The molecule has 2 atom stereocenters. The number of carbonyl (C=O) groups excluding carboxylic acids is 2. The Bertz CT molecular complexity index is 382. The van der Waals surface area contributed by atoms with Crippen molar-refractivity contribution in [1.82, 2.24) is 4.90 Å². The van der Waals surface area contributed by atoms with E-state index in [1.807, 2.05) is 0 Å². The third kappa shape index (κ3) is 3.80. The van der Waals surface area contributed by atoms with Crippen molar-refractivity contribution >= 4 is 24.6 Å². The van der Waals surface area contributed by atoms with Crippen LogP contribution in [0.15, 0.2) is 24.3 Å². The van der Waals surface area contributed by atoms with Gasteiger partial charge in [-0.2, -0.15) is 12.6 Å². The van der Waals surface area contributed by atoms with E-state index in [4.69, 9.17) is 10.5 Å². The van der Waals surface area contributed by atoms with Gasteiger partial charge in [-0.05, 0) is 13.3 Å². The second-order valence-corrected chi connectivity index (χ2v) is 4.92. The van der Waals surface area contributed by atoms with Crippen LogP contribution in [0.4, 0.5) is 4.79 Å². The molecule has 1 rings (SSSR count). The second-order valence-electron chi connectivity index (χ2n) is 4.19. The Kier molecular flexibility index (Phi) is 5.27. The summed E-state index contributed by atoms with van der Waals surface area (Å²) in [4.78, 5) is 24.3. The lowest BCUT2D eigenvalue weighted by Crippen LogP contribution is -2.35.